The van der Waals surface area contributed by atoms with E-state index in [9.17, 15) is 14.9 Å². The van der Waals surface area contributed by atoms with Crippen molar-refractivity contribution in [3.8, 4) is 0 Å². The number of amides is 1. The Bertz CT molecular complexity index is 773. The molecule has 0 bridgehead atoms. The van der Waals surface area contributed by atoms with E-state index in [0.29, 0.717) is 6.54 Å². The molecule has 138 valence electrons. The number of carbonyl (C=O) groups is 1. The Morgan fingerprint density at radius 1 is 1.31 bits per heavy atom. The minimum absolute atomic E-state index is 0.0771. The number of rotatable bonds is 6. The third kappa shape index (κ3) is 4.23. The van der Waals surface area contributed by atoms with Crippen LogP contribution in [-0.2, 0) is 0 Å². The lowest BCUT2D eigenvalue weighted by molar-refractivity contribution is -0.384. The molecule has 1 atom stereocenters. The highest BCUT2D eigenvalue weighted by atomic mass is 35.5. The molecule has 1 amide bonds. The first kappa shape index (κ1) is 18.4. The molecule has 8 heteroatoms. The van der Waals surface area contributed by atoms with E-state index in [1.807, 2.05) is 12.1 Å². The first-order valence-electron chi connectivity index (χ1n) is 8.56. The maximum Gasteiger partial charge on any atom is 0.270 e. The maximum absolute atomic E-state index is 12.5. The van der Waals surface area contributed by atoms with E-state index in [1.54, 1.807) is 6.26 Å². The lowest BCUT2D eigenvalue weighted by Crippen LogP contribution is -2.40. The van der Waals surface area contributed by atoms with Gasteiger partial charge in [-0.3, -0.25) is 19.8 Å². The number of non-ortho nitro benzene ring substituents is 1. The van der Waals surface area contributed by atoms with Gasteiger partial charge in [-0.1, -0.05) is 18.0 Å². The third-order valence-electron chi connectivity index (χ3n) is 4.56. The highest BCUT2D eigenvalue weighted by Crippen LogP contribution is 2.26. The number of nitro groups is 1. The fourth-order valence-corrected chi connectivity index (χ4v) is 3.41. The molecule has 1 saturated heterocycles. The van der Waals surface area contributed by atoms with Crippen molar-refractivity contribution in [1.29, 1.82) is 0 Å². The van der Waals surface area contributed by atoms with Gasteiger partial charge >= 0.3 is 0 Å². The molecule has 0 radical (unpaired) electrons. The van der Waals surface area contributed by atoms with Crippen molar-refractivity contribution in [2.75, 3.05) is 19.6 Å². The van der Waals surface area contributed by atoms with Crippen LogP contribution in [0.15, 0.2) is 41.0 Å². The van der Waals surface area contributed by atoms with E-state index in [2.05, 4.69) is 10.2 Å². The van der Waals surface area contributed by atoms with E-state index in [4.69, 9.17) is 16.0 Å². The summed E-state index contributed by atoms with van der Waals surface area (Å²) < 4.78 is 5.55. The Morgan fingerprint density at radius 2 is 2.08 bits per heavy atom. The van der Waals surface area contributed by atoms with Crippen molar-refractivity contribution in [2.24, 2.45) is 0 Å². The van der Waals surface area contributed by atoms with Crippen molar-refractivity contribution < 1.29 is 14.1 Å². The first-order valence-corrected chi connectivity index (χ1v) is 8.93. The lowest BCUT2D eigenvalue weighted by atomic mass is 10.1. The summed E-state index contributed by atoms with van der Waals surface area (Å²) in [5, 5.41) is 14.0. The van der Waals surface area contributed by atoms with Crippen LogP contribution in [0.1, 0.15) is 41.4 Å². The smallest absolute Gasteiger partial charge is 0.270 e. The molecule has 7 nitrogen and oxygen atoms in total. The number of hydrogen-bond acceptors (Lipinski definition) is 5. The van der Waals surface area contributed by atoms with Crippen LogP contribution >= 0.6 is 11.6 Å². The molecule has 0 saturated carbocycles. The predicted octanol–water partition coefficient (Wildman–Crippen LogP) is 3.80. The molecular weight excluding hydrogens is 358 g/mol. The van der Waals surface area contributed by atoms with Gasteiger partial charge in [-0.15, -0.1) is 0 Å². The topological polar surface area (TPSA) is 88.6 Å². The molecule has 1 aromatic carbocycles. The van der Waals surface area contributed by atoms with Gasteiger partial charge in [0, 0.05) is 18.7 Å². The van der Waals surface area contributed by atoms with Crippen LogP contribution in [0.3, 0.4) is 0 Å². The van der Waals surface area contributed by atoms with Gasteiger partial charge in [0.25, 0.3) is 11.6 Å². The number of likely N-dealkylation sites (tertiary alicyclic amines) is 1. The predicted molar refractivity (Wildman–Crippen MR) is 97.3 cm³/mol. The summed E-state index contributed by atoms with van der Waals surface area (Å²) in [7, 11) is 0. The molecule has 1 aliphatic heterocycles. The average molecular weight is 378 g/mol. The third-order valence-corrected chi connectivity index (χ3v) is 4.89. The zero-order chi connectivity index (χ0) is 18.5. The summed E-state index contributed by atoms with van der Waals surface area (Å²) in [5.74, 6) is 0.351. The Hall–Kier alpha value is -2.38. The van der Waals surface area contributed by atoms with Crippen LogP contribution in [0.25, 0.3) is 0 Å². The second kappa shape index (κ2) is 8.33. The average Bonchev–Trinajstić information content (AvgIpc) is 3.17. The fourth-order valence-electron chi connectivity index (χ4n) is 3.21. The number of hydrogen-bond donors (Lipinski definition) is 1. The number of furan rings is 1. The van der Waals surface area contributed by atoms with Crippen molar-refractivity contribution in [3.05, 3.63) is 63.1 Å². The molecule has 2 heterocycles. The van der Waals surface area contributed by atoms with Gasteiger partial charge in [0.15, 0.2) is 0 Å². The fraction of sp³-hybridized carbons (Fsp3) is 0.389. The number of nitrogens with one attached hydrogen (secondary N) is 1. The molecule has 0 spiro atoms. The van der Waals surface area contributed by atoms with Crippen molar-refractivity contribution in [2.45, 2.75) is 25.3 Å². The Balaban J connectivity index is 1.73. The van der Waals surface area contributed by atoms with Crippen LogP contribution in [0.2, 0.25) is 5.02 Å². The second-order valence-electron chi connectivity index (χ2n) is 6.26. The van der Waals surface area contributed by atoms with Gasteiger partial charge in [-0.25, -0.2) is 0 Å². The van der Waals surface area contributed by atoms with Crippen LogP contribution in [0.5, 0.6) is 0 Å². The van der Waals surface area contributed by atoms with Gasteiger partial charge < -0.3 is 9.73 Å². The van der Waals surface area contributed by atoms with Gasteiger partial charge in [0.05, 0.1) is 27.8 Å². The zero-order valence-corrected chi connectivity index (χ0v) is 14.9. The minimum Gasteiger partial charge on any atom is -0.468 e. The normalized spacial score (nSPS) is 16.2. The van der Waals surface area contributed by atoms with Crippen molar-refractivity contribution >= 4 is 23.2 Å². The molecule has 0 aliphatic carbocycles. The van der Waals surface area contributed by atoms with Gasteiger partial charge in [-0.2, -0.15) is 0 Å². The summed E-state index contributed by atoms with van der Waals surface area (Å²) in [6, 6.07) is 7.48. The number of carbonyl (C=O) groups excluding carboxylic acids is 1. The molecule has 1 fully saturated rings. The number of halogens is 1. The standard InChI is InChI=1S/C18H20ClN3O4/c19-15-7-6-13(22(24)25)11-14(15)18(23)20-12-16(17-5-4-10-26-17)21-8-2-1-3-9-21/h4-7,10-11,16H,1-3,8-9,12H2,(H,20,23). The summed E-state index contributed by atoms with van der Waals surface area (Å²) in [6.45, 7) is 2.23. The number of piperidine rings is 1. The van der Waals surface area contributed by atoms with Gasteiger partial charge in [0.1, 0.15) is 5.76 Å². The van der Waals surface area contributed by atoms with Crippen molar-refractivity contribution in [3.63, 3.8) is 0 Å². The van der Waals surface area contributed by atoms with Crippen LogP contribution in [0, 0.1) is 10.1 Å². The summed E-state index contributed by atoms with van der Waals surface area (Å²) >= 11 is 6.05. The number of benzene rings is 1. The van der Waals surface area contributed by atoms with E-state index in [1.165, 1.54) is 24.6 Å². The Labute approximate surface area is 156 Å². The quantitative estimate of drug-likeness (QED) is 0.611. The highest BCUT2D eigenvalue weighted by Gasteiger charge is 2.25. The zero-order valence-electron chi connectivity index (χ0n) is 14.2. The van der Waals surface area contributed by atoms with E-state index >= 15 is 0 Å². The van der Waals surface area contributed by atoms with Gasteiger partial charge in [0.2, 0.25) is 0 Å². The molecule has 3 rings (SSSR count). The minimum atomic E-state index is -0.549. The molecule has 1 unspecified atom stereocenters. The summed E-state index contributed by atoms with van der Waals surface area (Å²) in [6.07, 6.45) is 5.05. The molecule has 1 aromatic heterocycles. The summed E-state index contributed by atoms with van der Waals surface area (Å²) in [5.41, 5.74) is -0.0733. The largest absolute Gasteiger partial charge is 0.468 e. The Morgan fingerprint density at radius 3 is 2.73 bits per heavy atom. The number of nitro benzene ring substituents is 1. The molecule has 26 heavy (non-hydrogen) atoms. The molecule has 1 aliphatic rings. The first-order chi connectivity index (χ1) is 12.6. The van der Waals surface area contributed by atoms with E-state index in [0.717, 1.165) is 31.7 Å². The Kier molecular flexibility index (Phi) is 5.90. The molecule has 2 aromatic rings. The number of nitrogens with zero attached hydrogens (tertiary/aromatic N) is 2. The van der Waals surface area contributed by atoms with Crippen LogP contribution < -0.4 is 5.32 Å². The highest BCUT2D eigenvalue weighted by molar-refractivity contribution is 6.33. The molecular formula is C18H20ClN3O4. The van der Waals surface area contributed by atoms with E-state index < -0.39 is 10.8 Å². The van der Waals surface area contributed by atoms with Crippen LogP contribution in [0.4, 0.5) is 5.69 Å². The SMILES string of the molecule is O=C(NCC(c1ccco1)N1CCCCC1)c1cc([N+](=O)[O-])ccc1Cl. The van der Waals surface area contributed by atoms with Crippen LogP contribution in [-0.4, -0.2) is 35.4 Å². The summed E-state index contributed by atoms with van der Waals surface area (Å²) in [4.78, 5) is 25.2. The monoisotopic (exact) mass is 377 g/mol. The second-order valence-corrected chi connectivity index (χ2v) is 6.67. The van der Waals surface area contributed by atoms with Crippen molar-refractivity contribution in [1.82, 2.24) is 10.2 Å². The maximum atomic E-state index is 12.5. The lowest BCUT2D eigenvalue weighted by Gasteiger charge is -2.33. The van der Waals surface area contributed by atoms with E-state index in [-0.39, 0.29) is 22.3 Å². The molecule has 1 N–H and O–H groups in total. The van der Waals surface area contributed by atoms with Gasteiger partial charge in [-0.05, 0) is 44.1 Å².